The van der Waals surface area contributed by atoms with Crippen LogP contribution in [0.1, 0.15) is 43.7 Å². The number of halogens is 1. The zero-order chi connectivity index (χ0) is 17.2. The van der Waals surface area contributed by atoms with Gasteiger partial charge in [-0.3, -0.25) is 4.79 Å². The molecule has 1 atom stereocenters. The van der Waals surface area contributed by atoms with E-state index in [-0.39, 0.29) is 17.7 Å². The van der Waals surface area contributed by atoms with E-state index in [2.05, 4.69) is 4.98 Å². The van der Waals surface area contributed by atoms with Gasteiger partial charge in [0.05, 0.1) is 0 Å². The van der Waals surface area contributed by atoms with Gasteiger partial charge in [0, 0.05) is 42.4 Å². The lowest BCUT2D eigenvalue weighted by atomic mass is 9.83. The van der Waals surface area contributed by atoms with Crippen molar-refractivity contribution in [3.05, 3.63) is 48.0 Å². The average Bonchev–Trinajstić information content (AvgIpc) is 2.61. The third-order valence-corrected chi connectivity index (χ3v) is 5.39. The second-order valence-electron chi connectivity index (χ2n) is 7.06. The van der Waals surface area contributed by atoms with Crippen molar-refractivity contribution in [2.75, 3.05) is 13.1 Å². The number of aromatic nitrogens is 2. The average molecular weight is 339 g/mol. The molecule has 4 rings (SSSR count). The van der Waals surface area contributed by atoms with Gasteiger partial charge in [-0.1, -0.05) is 6.42 Å². The summed E-state index contributed by atoms with van der Waals surface area (Å²) in [7, 11) is 0. The maximum absolute atomic E-state index is 13.1. The molecule has 0 bridgehead atoms. The number of amides is 1. The molecule has 0 N–H and O–H groups in total. The highest BCUT2D eigenvalue weighted by Gasteiger charge is 2.32. The minimum absolute atomic E-state index is 0.249. The van der Waals surface area contributed by atoms with E-state index in [0.717, 1.165) is 50.0 Å². The van der Waals surface area contributed by atoms with Crippen LogP contribution in [0.2, 0.25) is 0 Å². The molecule has 2 fully saturated rings. The smallest absolute Gasteiger partial charge is 0.225 e. The summed E-state index contributed by atoms with van der Waals surface area (Å²) in [5.74, 6) is 1.17. The van der Waals surface area contributed by atoms with Crippen LogP contribution >= 0.6 is 0 Å². The molecule has 1 amide bonds. The first-order valence-electron chi connectivity index (χ1n) is 9.08. The molecule has 4 nitrogen and oxygen atoms in total. The second-order valence-corrected chi connectivity index (χ2v) is 7.06. The van der Waals surface area contributed by atoms with Crippen LogP contribution in [0.3, 0.4) is 0 Å². The molecule has 25 heavy (non-hydrogen) atoms. The molecule has 1 aromatic heterocycles. The number of benzene rings is 1. The van der Waals surface area contributed by atoms with Crippen molar-refractivity contribution >= 4 is 5.91 Å². The molecule has 1 aromatic carbocycles. The van der Waals surface area contributed by atoms with E-state index in [1.165, 1.54) is 18.6 Å². The first-order valence-corrected chi connectivity index (χ1v) is 9.08. The highest BCUT2D eigenvalue weighted by molar-refractivity contribution is 5.79. The van der Waals surface area contributed by atoms with E-state index in [4.69, 9.17) is 4.98 Å². The third-order valence-electron chi connectivity index (χ3n) is 5.39. The van der Waals surface area contributed by atoms with Crippen LogP contribution in [0.25, 0.3) is 11.4 Å². The van der Waals surface area contributed by atoms with Crippen LogP contribution in [-0.4, -0.2) is 33.9 Å². The Morgan fingerprint density at radius 3 is 2.60 bits per heavy atom. The van der Waals surface area contributed by atoms with Crippen LogP contribution in [0.15, 0.2) is 36.5 Å². The molecule has 1 saturated carbocycles. The number of piperidine rings is 1. The zero-order valence-electron chi connectivity index (χ0n) is 14.2. The van der Waals surface area contributed by atoms with Gasteiger partial charge in [-0.05, 0) is 56.0 Å². The van der Waals surface area contributed by atoms with Crippen LogP contribution < -0.4 is 0 Å². The lowest BCUT2D eigenvalue weighted by Crippen LogP contribution is -2.44. The topological polar surface area (TPSA) is 46.1 Å². The number of hydrogen-bond acceptors (Lipinski definition) is 3. The molecule has 2 aliphatic rings. The second kappa shape index (κ2) is 6.90. The predicted molar refractivity (Wildman–Crippen MR) is 93.3 cm³/mol. The van der Waals surface area contributed by atoms with Gasteiger partial charge in [-0.2, -0.15) is 0 Å². The first-order chi connectivity index (χ1) is 12.2. The molecule has 0 unspecified atom stereocenters. The minimum atomic E-state index is -0.266. The number of nitrogens with zero attached hydrogens (tertiary/aromatic N) is 3. The van der Waals surface area contributed by atoms with Gasteiger partial charge in [0.15, 0.2) is 5.82 Å². The SMILES string of the molecule is O=C(C1CCC1)N1CCC[C@H](c2ccnc(-c3ccc(F)cc3)n2)C1. The molecule has 5 heteroatoms. The Morgan fingerprint density at radius 1 is 1.08 bits per heavy atom. The molecule has 1 saturated heterocycles. The van der Waals surface area contributed by atoms with Gasteiger partial charge in [0.25, 0.3) is 0 Å². The van der Waals surface area contributed by atoms with Gasteiger partial charge >= 0.3 is 0 Å². The zero-order valence-corrected chi connectivity index (χ0v) is 14.2. The van der Waals surface area contributed by atoms with Crippen LogP contribution in [-0.2, 0) is 4.79 Å². The van der Waals surface area contributed by atoms with Crippen molar-refractivity contribution in [1.82, 2.24) is 14.9 Å². The van der Waals surface area contributed by atoms with Gasteiger partial charge in [-0.25, -0.2) is 14.4 Å². The maximum Gasteiger partial charge on any atom is 0.225 e. The Labute approximate surface area is 147 Å². The molecular weight excluding hydrogens is 317 g/mol. The Balaban J connectivity index is 1.51. The van der Waals surface area contributed by atoms with Crippen molar-refractivity contribution in [2.45, 2.75) is 38.0 Å². The van der Waals surface area contributed by atoms with Crippen molar-refractivity contribution < 1.29 is 9.18 Å². The van der Waals surface area contributed by atoms with Crippen LogP contribution in [0.5, 0.6) is 0 Å². The third kappa shape index (κ3) is 3.41. The summed E-state index contributed by atoms with van der Waals surface area (Å²) in [6.45, 7) is 1.61. The van der Waals surface area contributed by atoms with Crippen molar-refractivity contribution in [2.24, 2.45) is 5.92 Å². The van der Waals surface area contributed by atoms with E-state index in [1.807, 2.05) is 11.0 Å². The van der Waals surface area contributed by atoms with Crippen LogP contribution in [0, 0.1) is 11.7 Å². The number of carbonyl (C=O) groups excluding carboxylic acids is 1. The Hall–Kier alpha value is -2.30. The summed E-state index contributed by atoms with van der Waals surface area (Å²) in [5.41, 5.74) is 1.78. The van der Waals surface area contributed by atoms with E-state index < -0.39 is 0 Å². The fraction of sp³-hybridized carbons (Fsp3) is 0.450. The normalized spacial score (nSPS) is 21.0. The van der Waals surface area contributed by atoms with Crippen molar-refractivity contribution in [1.29, 1.82) is 0 Å². The monoisotopic (exact) mass is 339 g/mol. The van der Waals surface area contributed by atoms with E-state index >= 15 is 0 Å². The highest BCUT2D eigenvalue weighted by atomic mass is 19.1. The molecule has 2 aromatic rings. The van der Waals surface area contributed by atoms with Gasteiger partial charge in [-0.15, -0.1) is 0 Å². The van der Waals surface area contributed by atoms with E-state index in [1.54, 1.807) is 18.3 Å². The lowest BCUT2D eigenvalue weighted by Gasteiger charge is -2.37. The molecule has 2 heterocycles. The Kier molecular flexibility index (Phi) is 4.47. The quantitative estimate of drug-likeness (QED) is 0.855. The van der Waals surface area contributed by atoms with E-state index in [9.17, 15) is 9.18 Å². The summed E-state index contributed by atoms with van der Waals surface area (Å²) in [4.78, 5) is 23.6. The molecular formula is C20H22FN3O. The standard InChI is InChI=1S/C20H22FN3O/c21-17-8-6-14(7-9-17)19-22-11-10-18(23-19)16-5-2-12-24(13-16)20(25)15-3-1-4-15/h6-11,15-16H,1-5,12-13H2/t16-/m0/s1. The number of carbonyl (C=O) groups is 1. The first kappa shape index (κ1) is 16.2. The summed E-state index contributed by atoms with van der Waals surface area (Å²) in [6.07, 6.45) is 7.08. The minimum Gasteiger partial charge on any atom is -0.342 e. The Bertz CT molecular complexity index is 758. The maximum atomic E-state index is 13.1. The summed E-state index contributed by atoms with van der Waals surface area (Å²) < 4.78 is 13.1. The predicted octanol–water partition coefficient (Wildman–Crippen LogP) is 3.79. The number of likely N-dealkylation sites (tertiary alicyclic amines) is 1. The van der Waals surface area contributed by atoms with Gasteiger partial charge < -0.3 is 4.90 Å². The summed E-state index contributed by atoms with van der Waals surface area (Å²) in [5, 5.41) is 0. The molecule has 1 aliphatic carbocycles. The van der Waals surface area contributed by atoms with Gasteiger partial charge in [0.1, 0.15) is 5.82 Å². The van der Waals surface area contributed by atoms with Gasteiger partial charge in [0.2, 0.25) is 5.91 Å². The molecule has 130 valence electrons. The summed E-state index contributed by atoms with van der Waals surface area (Å²) >= 11 is 0. The lowest BCUT2D eigenvalue weighted by molar-refractivity contribution is -0.139. The Morgan fingerprint density at radius 2 is 1.88 bits per heavy atom. The molecule has 0 spiro atoms. The molecule has 0 radical (unpaired) electrons. The number of hydrogen-bond donors (Lipinski definition) is 0. The molecule has 1 aliphatic heterocycles. The largest absolute Gasteiger partial charge is 0.342 e. The fourth-order valence-electron chi connectivity index (χ4n) is 3.67. The number of rotatable bonds is 3. The highest BCUT2D eigenvalue weighted by Crippen LogP contribution is 2.32. The van der Waals surface area contributed by atoms with Crippen molar-refractivity contribution in [3.63, 3.8) is 0 Å². The summed E-state index contributed by atoms with van der Waals surface area (Å²) in [6, 6.07) is 8.18. The van der Waals surface area contributed by atoms with Crippen LogP contribution in [0.4, 0.5) is 4.39 Å². The van der Waals surface area contributed by atoms with E-state index in [0.29, 0.717) is 11.7 Å². The van der Waals surface area contributed by atoms with Crippen molar-refractivity contribution in [3.8, 4) is 11.4 Å². The fourth-order valence-corrected chi connectivity index (χ4v) is 3.67.